The fraction of sp³-hybridized carbons (Fsp3) is 0.286. The van der Waals surface area contributed by atoms with Crippen molar-refractivity contribution in [3.8, 4) is 5.69 Å². The fourth-order valence-electron chi connectivity index (χ4n) is 1.74. The van der Waals surface area contributed by atoms with Gasteiger partial charge in [-0.1, -0.05) is 22.0 Å². The van der Waals surface area contributed by atoms with E-state index in [4.69, 9.17) is 5.73 Å². The van der Waals surface area contributed by atoms with Crippen LogP contribution in [0.1, 0.15) is 17.4 Å². The zero-order valence-corrected chi connectivity index (χ0v) is 13.0. The van der Waals surface area contributed by atoms with Gasteiger partial charge in [0.25, 0.3) is 5.91 Å². The van der Waals surface area contributed by atoms with Gasteiger partial charge in [0.15, 0.2) is 5.69 Å². The highest BCUT2D eigenvalue weighted by atomic mass is 79.9. The predicted octanol–water partition coefficient (Wildman–Crippen LogP) is 2.05. The predicted molar refractivity (Wildman–Crippen MR) is 81.9 cm³/mol. The molecule has 0 fully saturated rings. The maximum Gasteiger partial charge on any atom is 0.274 e. The van der Waals surface area contributed by atoms with Gasteiger partial charge in [-0.15, -0.1) is 0 Å². The number of likely N-dealkylation sites (N-methyl/N-ethyl adjacent to an activating group) is 1. The van der Waals surface area contributed by atoms with Crippen LogP contribution >= 0.6 is 15.9 Å². The van der Waals surface area contributed by atoms with Crippen LogP contribution in [0.15, 0.2) is 41.0 Å². The molecule has 2 rings (SSSR count). The van der Waals surface area contributed by atoms with E-state index in [-0.39, 0.29) is 11.9 Å². The van der Waals surface area contributed by atoms with E-state index >= 15 is 0 Å². The molecule has 0 saturated carbocycles. The highest BCUT2D eigenvalue weighted by Gasteiger charge is 2.18. The molecule has 0 saturated heterocycles. The standard InChI is InChI=1S/C14H17BrN4O/c1-10(9-16)18(2)14(20)13-6-7-19(17-13)12-5-3-4-11(15)8-12/h3-8,10H,9,16H2,1-2H3. The molecule has 2 N–H and O–H groups in total. The Kier molecular flexibility index (Phi) is 4.57. The van der Waals surface area contributed by atoms with Gasteiger partial charge in [-0.05, 0) is 31.2 Å². The summed E-state index contributed by atoms with van der Waals surface area (Å²) in [6.07, 6.45) is 1.77. The highest BCUT2D eigenvalue weighted by Crippen LogP contribution is 2.15. The lowest BCUT2D eigenvalue weighted by Crippen LogP contribution is -2.39. The first-order valence-electron chi connectivity index (χ1n) is 6.31. The summed E-state index contributed by atoms with van der Waals surface area (Å²) < 4.78 is 2.64. The summed E-state index contributed by atoms with van der Waals surface area (Å²) in [6.45, 7) is 2.33. The lowest BCUT2D eigenvalue weighted by Gasteiger charge is -2.22. The molecule has 0 aliphatic heterocycles. The third-order valence-corrected chi connectivity index (χ3v) is 3.70. The van der Waals surface area contributed by atoms with E-state index in [1.807, 2.05) is 31.2 Å². The van der Waals surface area contributed by atoms with Crippen molar-refractivity contribution < 1.29 is 4.79 Å². The minimum atomic E-state index is -0.128. The molecule has 5 nitrogen and oxygen atoms in total. The Labute approximate surface area is 126 Å². The number of amides is 1. The van der Waals surface area contributed by atoms with Crippen molar-refractivity contribution in [1.29, 1.82) is 0 Å². The molecule has 0 bridgehead atoms. The molecule has 6 heteroatoms. The number of hydrogen-bond donors (Lipinski definition) is 1. The Balaban J connectivity index is 2.23. The maximum absolute atomic E-state index is 12.2. The number of nitrogens with zero attached hydrogens (tertiary/aromatic N) is 3. The van der Waals surface area contributed by atoms with Gasteiger partial charge in [0.2, 0.25) is 0 Å². The maximum atomic E-state index is 12.2. The van der Waals surface area contributed by atoms with Gasteiger partial charge >= 0.3 is 0 Å². The smallest absolute Gasteiger partial charge is 0.274 e. The molecule has 1 aromatic carbocycles. The molecule has 1 aromatic heterocycles. The summed E-state index contributed by atoms with van der Waals surface area (Å²) in [5.74, 6) is -0.128. The Hall–Kier alpha value is -1.66. The van der Waals surface area contributed by atoms with Crippen LogP contribution in [-0.4, -0.2) is 40.2 Å². The van der Waals surface area contributed by atoms with Crippen molar-refractivity contribution in [2.24, 2.45) is 5.73 Å². The SMILES string of the molecule is CC(CN)N(C)C(=O)c1ccn(-c2cccc(Br)c2)n1. The molecular weight excluding hydrogens is 320 g/mol. The van der Waals surface area contributed by atoms with E-state index in [0.29, 0.717) is 12.2 Å². The number of nitrogens with two attached hydrogens (primary N) is 1. The van der Waals surface area contributed by atoms with E-state index in [0.717, 1.165) is 10.2 Å². The summed E-state index contributed by atoms with van der Waals surface area (Å²) in [6, 6.07) is 9.42. The molecule has 20 heavy (non-hydrogen) atoms. The Morgan fingerprint density at radius 3 is 2.90 bits per heavy atom. The first-order valence-corrected chi connectivity index (χ1v) is 7.11. The second kappa shape index (κ2) is 6.19. The van der Waals surface area contributed by atoms with Gasteiger partial charge in [0, 0.05) is 30.3 Å². The van der Waals surface area contributed by atoms with Crippen LogP contribution in [0.2, 0.25) is 0 Å². The van der Waals surface area contributed by atoms with Crippen LogP contribution in [-0.2, 0) is 0 Å². The van der Waals surface area contributed by atoms with Crippen LogP contribution in [0.25, 0.3) is 5.69 Å². The van der Waals surface area contributed by atoms with E-state index in [1.165, 1.54) is 0 Å². The lowest BCUT2D eigenvalue weighted by atomic mass is 10.2. The number of aromatic nitrogens is 2. The average molecular weight is 337 g/mol. The molecule has 1 unspecified atom stereocenters. The molecule has 1 heterocycles. The minimum Gasteiger partial charge on any atom is -0.336 e. The van der Waals surface area contributed by atoms with Crippen molar-refractivity contribution in [1.82, 2.24) is 14.7 Å². The molecule has 0 spiro atoms. The van der Waals surface area contributed by atoms with Gasteiger partial charge in [0.1, 0.15) is 0 Å². The number of benzene rings is 1. The quantitative estimate of drug-likeness (QED) is 0.929. The largest absolute Gasteiger partial charge is 0.336 e. The number of halogens is 1. The fourth-order valence-corrected chi connectivity index (χ4v) is 2.13. The monoisotopic (exact) mass is 336 g/mol. The van der Waals surface area contributed by atoms with E-state index in [2.05, 4.69) is 21.0 Å². The van der Waals surface area contributed by atoms with Crippen molar-refractivity contribution in [2.45, 2.75) is 13.0 Å². The first-order chi connectivity index (χ1) is 9.52. The summed E-state index contributed by atoms with van der Waals surface area (Å²) >= 11 is 3.42. The molecule has 1 atom stereocenters. The summed E-state index contributed by atoms with van der Waals surface area (Å²) in [5, 5.41) is 4.32. The molecule has 0 aliphatic rings. The average Bonchev–Trinajstić information content (AvgIpc) is 2.94. The van der Waals surface area contributed by atoms with Crippen molar-refractivity contribution in [2.75, 3.05) is 13.6 Å². The molecule has 0 radical (unpaired) electrons. The molecule has 106 valence electrons. The second-order valence-electron chi connectivity index (χ2n) is 4.63. The van der Waals surface area contributed by atoms with Crippen LogP contribution in [0.3, 0.4) is 0 Å². The third kappa shape index (κ3) is 3.08. The van der Waals surface area contributed by atoms with Crippen LogP contribution < -0.4 is 5.73 Å². The summed E-state index contributed by atoms with van der Waals surface area (Å²) in [7, 11) is 1.73. The number of hydrogen-bond acceptors (Lipinski definition) is 3. The van der Waals surface area contributed by atoms with Gasteiger partial charge in [-0.25, -0.2) is 4.68 Å². The van der Waals surface area contributed by atoms with Crippen LogP contribution in [0.4, 0.5) is 0 Å². The summed E-state index contributed by atoms with van der Waals surface area (Å²) in [4.78, 5) is 13.8. The van der Waals surface area contributed by atoms with Crippen LogP contribution in [0, 0.1) is 0 Å². The summed E-state index contributed by atoms with van der Waals surface area (Å²) in [5.41, 5.74) is 6.88. The molecular formula is C14H17BrN4O. The molecule has 1 amide bonds. The van der Waals surface area contributed by atoms with Gasteiger partial charge < -0.3 is 10.6 Å². The van der Waals surface area contributed by atoms with E-state index < -0.39 is 0 Å². The molecule has 0 aliphatic carbocycles. The zero-order chi connectivity index (χ0) is 14.7. The number of rotatable bonds is 4. The van der Waals surface area contributed by atoms with Gasteiger partial charge in [0.05, 0.1) is 5.69 Å². The van der Waals surface area contributed by atoms with Crippen LogP contribution in [0.5, 0.6) is 0 Å². The zero-order valence-electron chi connectivity index (χ0n) is 11.5. The van der Waals surface area contributed by atoms with E-state index in [9.17, 15) is 4.79 Å². The topological polar surface area (TPSA) is 64.2 Å². The van der Waals surface area contributed by atoms with Crippen molar-refractivity contribution in [3.63, 3.8) is 0 Å². The Morgan fingerprint density at radius 1 is 1.50 bits per heavy atom. The molecule has 2 aromatic rings. The van der Waals surface area contributed by atoms with Gasteiger partial charge in [-0.3, -0.25) is 4.79 Å². The van der Waals surface area contributed by atoms with Gasteiger partial charge in [-0.2, -0.15) is 5.10 Å². The van der Waals surface area contributed by atoms with E-state index in [1.54, 1.807) is 28.9 Å². The normalized spacial score (nSPS) is 12.2. The first kappa shape index (κ1) is 14.7. The Morgan fingerprint density at radius 2 is 2.25 bits per heavy atom. The van der Waals surface area contributed by atoms with Crippen molar-refractivity contribution >= 4 is 21.8 Å². The van der Waals surface area contributed by atoms with Crippen molar-refractivity contribution in [3.05, 3.63) is 46.7 Å². The Bertz CT molecular complexity index is 611. The lowest BCUT2D eigenvalue weighted by molar-refractivity contribution is 0.0742. The number of carbonyl (C=O) groups is 1. The number of carbonyl (C=O) groups excluding carboxylic acids is 1. The third-order valence-electron chi connectivity index (χ3n) is 3.20. The minimum absolute atomic E-state index is 0.0153. The highest BCUT2D eigenvalue weighted by molar-refractivity contribution is 9.10. The second-order valence-corrected chi connectivity index (χ2v) is 5.54.